The van der Waals surface area contributed by atoms with Gasteiger partial charge in [-0.1, -0.05) is 18.2 Å². The van der Waals surface area contributed by atoms with Crippen LogP contribution in [0.3, 0.4) is 0 Å². The van der Waals surface area contributed by atoms with E-state index in [4.69, 9.17) is 4.74 Å². The molecular formula is C21H25N3O2. The van der Waals surface area contributed by atoms with E-state index in [1.807, 2.05) is 30.5 Å². The lowest BCUT2D eigenvalue weighted by Gasteiger charge is -2.25. The van der Waals surface area contributed by atoms with E-state index < -0.39 is 0 Å². The van der Waals surface area contributed by atoms with Crippen LogP contribution in [0.4, 0.5) is 5.82 Å². The maximum absolute atomic E-state index is 12.5. The first-order valence-electron chi connectivity index (χ1n) is 9.48. The summed E-state index contributed by atoms with van der Waals surface area (Å²) in [6.07, 6.45) is 5.69. The average molecular weight is 351 g/mol. The summed E-state index contributed by atoms with van der Waals surface area (Å²) in [7, 11) is 0. The third-order valence-corrected chi connectivity index (χ3v) is 5.24. The Labute approximate surface area is 154 Å². The van der Waals surface area contributed by atoms with Gasteiger partial charge in [0, 0.05) is 32.3 Å². The molecule has 4 rings (SSSR count). The van der Waals surface area contributed by atoms with Gasteiger partial charge in [0.2, 0.25) is 5.91 Å². The second-order valence-corrected chi connectivity index (χ2v) is 7.07. The molecule has 1 atom stereocenters. The number of ether oxygens (including phenoxy) is 1. The van der Waals surface area contributed by atoms with Crippen LogP contribution < -0.4 is 15.0 Å². The van der Waals surface area contributed by atoms with E-state index in [1.54, 1.807) is 0 Å². The fourth-order valence-electron chi connectivity index (χ4n) is 3.81. The van der Waals surface area contributed by atoms with Crippen molar-refractivity contribution >= 4 is 11.7 Å². The third kappa shape index (κ3) is 3.82. The highest BCUT2D eigenvalue weighted by Crippen LogP contribution is 2.35. The molecule has 0 aliphatic carbocycles. The number of amides is 1. The summed E-state index contributed by atoms with van der Waals surface area (Å²) in [6, 6.07) is 12.1. The third-order valence-electron chi connectivity index (χ3n) is 5.24. The summed E-state index contributed by atoms with van der Waals surface area (Å²) < 4.78 is 5.68. The Hall–Kier alpha value is -2.56. The Kier molecular flexibility index (Phi) is 5.04. The molecule has 1 aromatic heterocycles. The lowest BCUT2D eigenvalue weighted by molar-refractivity contribution is -0.121. The van der Waals surface area contributed by atoms with Crippen molar-refractivity contribution in [2.75, 3.05) is 24.6 Å². The van der Waals surface area contributed by atoms with Crippen LogP contribution in [0.15, 0.2) is 42.6 Å². The summed E-state index contributed by atoms with van der Waals surface area (Å²) in [5.41, 5.74) is 2.25. The summed E-state index contributed by atoms with van der Waals surface area (Å²) in [4.78, 5) is 19.2. The molecule has 5 nitrogen and oxygen atoms in total. The molecule has 1 unspecified atom stereocenters. The van der Waals surface area contributed by atoms with Crippen LogP contribution in [-0.2, 0) is 11.3 Å². The van der Waals surface area contributed by atoms with Crippen molar-refractivity contribution in [1.82, 2.24) is 10.3 Å². The van der Waals surface area contributed by atoms with E-state index in [2.05, 4.69) is 27.3 Å². The molecule has 2 aliphatic heterocycles. The van der Waals surface area contributed by atoms with E-state index in [1.165, 1.54) is 12.8 Å². The molecule has 2 aliphatic rings. The highest BCUT2D eigenvalue weighted by molar-refractivity contribution is 5.77. The normalized spacial score (nSPS) is 18.9. The smallest absolute Gasteiger partial charge is 0.220 e. The largest absolute Gasteiger partial charge is 0.493 e. The molecule has 1 N–H and O–H groups in total. The number of hydrogen-bond acceptors (Lipinski definition) is 4. The van der Waals surface area contributed by atoms with Gasteiger partial charge in [-0.15, -0.1) is 0 Å². The van der Waals surface area contributed by atoms with Crippen molar-refractivity contribution in [3.63, 3.8) is 0 Å². The fourth-order valence-corrected chi connectivity index (χ4v) is 3.81. The molecule has 1 fully saturated rings. The minimum Gasteiger partial charge on any atom is -0.493 e. The van der Waals surface area contributed by atoms with Crippen LogP contribution in [0.1, 0.15) is 42.7 Å². The number of nitrogens with one attached hydrogen (secondary N) is 1. The van der Waals surface area contributed by atoms with Crippen molar-refractivity contribution in [2.24, 2.45) is 0 Å². The molecule has 26 heavy (non-hydrogen) atoms. The number of carbonyl (C=O) groups is 1. The zero-order valence-corrected chi connectivity index (χ0v) is 15.0. The molecule has 3 heterocycles. The van der Waals surface area contributed by atoms with Gasteiger partial charge < -0.3 is 15.0 Å². The number of pyridine rings is 1. The highest BCUT2D eigenvalue weighted by atomic mass is 16.5. The fraction of sp³-hybridized carbons (Fsp3) is 0.429. The predicted molar refractivity (Wildman–Crippen MR) is 101 cm³/mol. The molecule has 1 aromatic carbocycles. The summed E-state index contributed by atoms with van der Waals surface area (Å²) in [5, 5.41) is 3.07. The summed E-state index contributed by atoms with van der Waals surface area (Å²) in [5.74, 6) is 2.26. The monoisotopic (exact) mass is 351 g/mol. The predicted octanol–water partition coefficient (Wildman–Crippen LogP) is 3.25. The van der Waals surface area contributed by atoms with Gasteiger partial charge >= 0.3 is 0 Å². The number of nitrogens with zero attached hydrogens (tertiary/aromatic N) is 2. The van der Waals surface area contributed by atoms with Gasteiger partial charge in [-0.2, -0.15) is 0 Å². The van der Waals surface area contributed by atoms with Gasteiger partial charge in [-0.3, -0.25) is 4.79 Å². The highest BCUT2D eigenvalue weighted by Gasteiger charge is 2.23. The maximum atomic E-state index is 12.5. The van der Waals surface area contributed by atoms with E-state index in [-0.39, 0.29) is 11.8 Å². The lowest BCUT2D eigenvalue weighted by Crippen LogP contribution is -2.26. The molecule has 5 heteroatoms. The average Bonchev–Trinajstić information content (AvgIpc) is 3.22. The van der Waals surface area contributed by atoms with Crippen molar-refractivity contribution in [1.29, 1.82) is 0 Å². The molecule has 136 valence electrons. The van der Waals surface area contributed by atoms with Gasteiger partial charge in [0.1, 0.15) is 11.6 Å². The molecule has 2 aromatic rings. The van der Waals surface area contributed by atoms with Gasteiger partial charge in [0.25, 0.3) is 0 Å². The number of aromatic nitrogens is 1. The molecule has 0 bridgehead atoms. The Balaban J connectivity index is 1.34. The topological polar surface area (TPSA) is 54.5 Å². The lowest BCUT2D eigenvalue weighted by atomic mass is 9.90. The molecule has 0 spiro atoms. The van der Waals surface area contributed by atoms with Crippen molar-refractivity contribution in [3.8, 4) is 5.75 Å². The minimum atomic E-state index is 0.0891. The first-order chi connectivity index (χ1) is 12.8. The molecule has 0 saturated carbocycles. The van der Waals surface area contributed by atoms with Crippen LogP contribution in [0.5, 0.6) is 5.75 Å². The van der Waals surface area contributed by atoms with E-state index in [9.17, 15) is 4.79 Å². The van der Waals surface area contributed by atoms with Gasteiger partial charge in [-0.05, 0) is 54.5 Å². The zero-order valence-electron chi connectivity index (χ0n) is 15.0. The van der Waals surface area contributed by atoms with Gasteiger partial charge in [0.05, 0.1) is 6.61 Å². The van der Waals surface area contributed by atoms with Crippen LogP contribution in [0.25, 0.3) is 0 Å². The Morgan fingerprint density at radius 1 is 1.23 bits per heavy atom. The summed E-state index contributed by atoms with van der Waals surface area (Å²) >= 11 is 0. The number of fused-ring (bicyclic) bond motifs is 1. The Bertz CT molecular complexity index is 771. The van der Waals surface area contributed by atoms with Crippen LogP contribution in [0, 0.1) is 0 Å². The van der Waals surface area contributed by atoms with E-state index >= 15 is 0 Å². The zero-order chi connectivity index (χ0) is 17.8. The quantitative estimate of drug-likeness (QED) is 0.898. The first kappa shape index (κ1) is 16.9. The SMILES string of the molecule is O=C(CC1CCOc2ccccc21)NCc1ccnc(N2CCCC2)c1. The second-order valence-electron chi connectivity index (χ2n) is 7.07. The van der Waals surface area contributed by atoms with E-state index in [0.717, 1.165) is 42.2 Å². The number of carbonyl (C=O) groups excluding carboxylic acids is 1. The standard InChI is InChI=1S/C21H25N3O2/c25-21(14-17-8-12-26-19-6-2-1-5-18(17)19)23-15-16-7-9-22-20(13-16)24-10-3-4-11-24/h1-2,5-7,9,13,17H,3-4,8,10-12,14-15H2,(H,23,25). The van der Waals surface area contributed by atoms with E-state index in [0.29, 0.717) is 19.6 Å². The van der Waals surface area contributed by atoms with Crippen LogP contribution in [0.2, 0.25) is 0 Å². The minimum absolute atomic E-state index is 0.0891. The number of hydrogen-bond donors (Lipinski definition) is 1. The number of benzene rings is 1. The molecular weight excluding hydrogens is 326 g/mol. The molecule has 1 amide bonds. The second kappa shape index (κ2) is 7.77. The van der Waals surface area contributed by atoms with Gasteiger partial charge in [-0.25, -0.2) is 4.98 Å². The molecule has 1 saturated heterocycles. The maximum Gasteiger partial charge on any atom is 0.220 e. The van der Waals surface area contributed by atoms with Crippen molar-refractivity contribution in [2.45, 2.75) is 38.1 Å². The van der Waals surface area contributed by atoms with Crippen molar-refractivity contribution < 1.29 is 9.53 Å². The van der Waals surface area contributed by atoms with Crippen LogP contribution in [-0.4, -0.2) is 30.6 Å². The number of rotatable bonds is 5. The number of anilines is 1. The number of para-hydroxylation sites is 1. The first-order valence-corrected chi connectivity index (χ1v) is 9.48. The van der Waals surface area contributed by atoms with Crippen molar-refractivity contribution in [3.05, 3.63) is 53.7 Å². The molecule has 0 radical (unpaired) electrons. The van der Waals surface area contributed by atoms with Crippen LogP contribution >= 0.6 is 0 Å². The van der Waals surface area contributed by atoms with Gasteiger partial charge in [0.15, 0.2) is 0 Å². The summed E-state index contributed by atoms with van der Waals surface area (Å²) in [6.45, 7) is 3.38. The Morgan fingerprint density at radius 2 is 2.08 bits per heavy atom. The Morgan fingerprint density at radius 3 is 2.96 bits per heavy atom.